The molecule has 106 valence electrons. The molecule has 4 N–H and O–H groups in total. The van der Waals surface area contributed by atoms with Crippen LogP contribution in [-0.4, -0.2) is 41.1 Å². The molecule has 6 heteroatoms. The van der Waals surface area contributed by atoms with Gasteiger partial charge >= 0.3 is 6.09 Å². The average molecular weight is 259 g/mol. The lowest BCUT2D eigenvalue weighted by Gasteiger charge is -2.40. The zero-order valence-electron chi connectivity index (χ0n) is 12.1. The number of carbonyl (C=O) groups is 2. The van der Waals surface area contributed by atoms with Crippen LogP contribution in [0.1, 0.15) is 41.0 Å². The van der Waals surface area contributed by atoms with Crippen molar-refractivity contribution in [3.63, 3.8) is 0 Å². The van der Waals surface area contributed by atoms with Gasteiger partial charge in [0.05, 0.1) is 5.54 Å². The Labute approximate surface area is 109 Å². The Balaban J connectivity index is 4.78. The fourth-order valence-corrected chi connectivity index (χ4v) is 1.28. The molecule has 1 unspecified atom stereocenters. The first kappa shape index (κ1) is 16.7. The highest BCUT2D eigenvalue weighted by Gasteiger charge is 2.36. The number of carbonyl (C=O) groups excluding carboxylic acids is 2. The fourth-order valence-electron chi connectivity index (χ4n) is 1.28. The van der Waals surface area contributed by atoms with Gasteiger partial charge in [-0.15, -0.1) is 0 Å². The largest absolute Gasteiger partial charge is 0.444 e. The molecular formula is C12H25N3O3. The lowest BCUT2D eigenvalue weighted by Crippen LogP contribution is -2.58. The number of rotatable bonds is 4. The number of hydrogen-bond acceptors (Lipinski definition) is 4. The van der Waals surface area contributed by atoms with E-state index in [0.717, 1.165) is 0 Å². The number of likely N-dealkylation sites (N-methyl/N-ethyl adjacent to an activating group) is 1. The Morgan fingerprint density at radius 3 is 2.00 bits per heavy atom. The number of nitrogens with zero attached hydrogens (tertiary/aromatic N) is 1. The summed E-state index contributed by atoms with van der Waals surface area (Å²) in [5.41, 5.74) is 9.72. The predicted molar refractivity (Wildman–Crippen MR) is 69.9 cm³/mol. The molecule has 0 bridgehead atoms. The molecule has 0 aromatic carbocycles. The molecule has 6 nitrogen and oxygen atoms in total. The van der Waals surface area contributed by atoms with Gasteiger partial charge in [-0.05, 0) is 34.6 Å². The summed E-state index contributed by atoms with van der Waals surface area (Å²) in [5.74, 6) is -0.492. The molecule has 1 atom stereocenters. The van der Waals surface area contributed by atoms with Crippen molar-refractivity contribution < 1.29 is 14.3 Å². The molecule has 0 spiro atoms. The van der Waals surface area contributed by atoms with Crippen LogP contribution >= 0.6 is 0 Å². The van der Waals surface area contributed by atoms with Crippen molar-refractivity contribution in [1.29, 1.82) is 0 Å². The summed E-state index contributed by atoms with van der Waals surface area (Å²) in [6.07, 6.45) is -0.465. The molecule has 2 amide bonds. The summed E-state index contributed by atoms with van der Waals surface area (Å²) >= 11 is 0. The van der Waals surface area contributed by atoms with E-state index < -0.39 is 29.2 Å². The first-order valence-electron chi connectivity index (χ1n) is 5.88. The van der Waals surface area contributed by atoms with Crippen LogP contribution in [0.15, 0.2) is 0 Å². The number of primary amides is 1. The van der Waals surface area contributed by atoms with E-state index in [1.54, 1.807) is 41.7 Å². The van der Waals surface area contributed by atoms with Crippen molar-refractivity contribution in [1.82, 2.24) is 4.90 Å². The smallest absolute Gasteiger partial charge is 0.410 e. The van der Waals surface area contributed by atoms with E-state index in [1.165, 1.54) is 4.90 Å². The van der Waals surface area contributed by atoms with Crippen molar-refractivity contribution in [2.75, 3.05) is 7.05 Å². The monoisotopic (exact) mass is 259 g/mol. The van der Waals surface area contributed by atoms with Crippen LogP contribution in [0, 0.1) is 0 Å². The van der Waals surface area contributed by atoms with E-state index in [2.05, 4.69) is 0 Å². The maximum Gasteiger partial charge on any atom is 0.410 e. The first-order valence-corrected chi connectivity index (χ1v) is 5.88. The summed E-state index contributed by atoms with van der Waals surface area (Å²) in [4.78, 5) is 24.2. The highest BCUT2D eigenvalue weighted by atomic mass is 16.6. The Hall–Kier alpha value is -1.30. The van der Waals surface area contributed by atoms with E-state index in [1.807, 2.05) is 0 Å². The fraction of sp³-hybridized carbons (Fsp3) is 0.833. The van der Waals surface area contributed by atoms with Crippen molar-refractivity contribution in [2.45, 2.75) is 58.2 Å². The van der Waals surface area contributed by atoms with E-state index in [-0.39, 0.29) is 6.42 Å². The Morgan fingerprint density at radius 2 is 1.67 bits per heavy atom. The minimum absolute atomic E-state index is 0.0140. The van der Waals surface area contributed by atoms with E-state index in [0.29, 0.717) is 0 Å². The highest BCUT2D eigenvalue weighted by molar-refractivity contribution is 5.75. The zero-order valence-corrected chi connectivity index (χ0v) is 12.1. The molecule has 18 heavy (non-hydrogen) atoms. The number of amides is 2. The second-order valence-corrected chi connectivity index (χ2v) is 5.97. The van der Waals surface area contributed by atoms with Gasteiger partial charge in [0.1, 0.15) is 5.60 Å². The number of hydrogen-bond donors (Lipinski definition) is 2. The number of ether oxygens (including phenoxy) is 1. The van der Waals surface area contributed by atoms with E-state index in [4.69, 9.17) is 16.2 Å². The topological polar surface area (TPSA) is 98.7 Å². The summed E-state index contributed by atoms with van der Waals surface area (Å²) in [6.45, 7) is 8.90. The van der Waals surface area contributed by atoms with Gasteiger partial charge in [-0.25, -0.2) is 4.79 Å². The van der Waals surface area contributed by atoms with Crippen molar-refractivity contribution in [3.8, 4) is 0 Å². The summed E-state index contributed by atoms with van der Waals surface area (Å²) in [7, 11) is 1.59. The molecular weight excluding hydrogens is 234 g/mol. The lowest BCUT2D eigenvalue weighted by atomic mass is 9.91. The molecule has 0 radical (unpaired) electrons. The van der Waals surface area contributed by atoms with Crippen LogP contribution < -0.4 is 11.5 Å². The normalized spacial score (nSPS) is 13.9. The Kier molecular flexibility index (Phi) is 5.16. The molecule has 0 aromatic heterocycles. The summed E-state index contributed by atoms with van der Waals surface area (Å²) in [5, 5.41) is 0. The minimum atomic E-state index is -0.725. The van der Waals surface area contributed by atoms with Crippen molar-refractivity contribution in [2.24, 2.45) is 11.5 Å². The van der Waals surface area contributed by atoms with Gasteiger partial charge in [0.25, 0.3) is 0 Å². The average Bonchev–Trinajstić information content (AvgIpc) is 2.12. The van der Waals surface area contributed by atoms with Gasteiger partial charge in [0.2, 0.25) is 5.91 Å². The van der Waals surface area contributed by atoms with Crippen molar-refractivity contribution >= 4 is 12.0 Å². The van der Waals surface area contributed by atoms with Gasteiger partial charge < -0.3 is 21.1 Å². The van der Waals surface area contributed by atoms with E-state index >= 15 is 0 Å². The molecule has 0 aliphatic heterocycles. The van der Waals surface area contributed by atoms with Gasteiger partial charge in [-0.1, -0.05) is 0 Å². The van der Waals surface area contributed by atoms with Crippen molar-refractivity contribution in [3.05, 3.63) is 0 Å². The maximum atomic E-state index is 11.9. The molecule has 0 aromatic rings. The Morgan fingerprint density at radius 1 is 1.22 bits per heavy atom. The highest BCUT2D eigenvalue weighted by Crippen LogP contribution is 2.21. The Bertz CT molecular complexity index is 321. The molecule has 0 heterocycles. The van der Waals surface area contributed by atoms with Gasteiger partial charge in [-0.2, -0.15) is 0 Å². The third-order valence-electron chi connectivity index (χ3n) is 2.86. The molecule has 0 rings (SSSR count). The third kappa shape index (κ3) is 4.91. The molecule has 0 saturated heterocycles. The number of nitrogens with two attached hydrogens (primary N) is 2. The second kappa shape index (κ2) is 5.56. The van der Waals surface area contributed by atoms with Crippen LogP contribution in [-0.2, 0) is 9.53 Å². The van der Waals surface area contributed by atoms with Crippen LogP contribution in [0.2, 0.25) is 0 Å². The predicted octanol–water partition coefficient (Wildman–Crippen LogP) is 0.835. The van der Waals surface area contributed by atoms with Crippen LogP contribution in [0.25, 0.3) is 0 Å². The first-order chi connectivity index (χ1) is 7.88. The van der Waals surface area contributed by atoms with Crippen LogP contribution in [0.4, 0.5) is 4.79 Å². The minimum Gasteiger partial charge on any atom is -0.444 e. The zero-order chi connectivity index (χ0) is 14.7. The molecule has 0 aliphatic rings. The molecule has 0 saturated carbocycles. The van der Waals surface area contributed by atoms with Crippen LogP contribution in [0.3, 0.4) is 0 Å². The lowest BCUT2D eigenvalue weighted by molar-refractivity contribution is -0.119. The van der Waals surface area contributed by atoms with Crippen LogP contribution in [0.5, 0.6) is 0 Å². The van der Waals surface area contributed by atoms with Gasteiger partial charge in [0.15, 0.2) is 0 Å². The quantitative estimate of drug-likeness (QED) is 0.781. The van der Waals surface area contributed by atoms with Gasteiger partial charge in [-0.3, -0.25) is 4.79 Å². The van der Waals surface area contributed by atoms with Gasteiger partial charge in [0, 0.05) is 19.5 Å². The summed E-state index contributed by atoms with van der Waals surface area (Å²) in [6, 6.07) is -0.549. The second-order valence-electron chi connectivity index (χ2n) is 5.97. The van der Waals surface area contributed by atoms with E-state index in [9.17, 15) is 9.59 Å². The SMILES string of the molecule is CN(C(=O)OC(C)(C)C)C(C)(C)C(N)CC(N)=O. The maximum absolute atomic E-state index is 11.9. The molecule has 0 aliphatic carbocycles. The summed E-state index contributed by atoms with van der Waals surface area (Å²) < 4.78 is 5.26. The standard InChI is InChI=1S/C12H25N3O3/c1-11(2,3)18-10(17)15(6)12(4,5)8(13)7-9(14)16/h8H,7,13H2,1-6H3,(H2,14,16). The molecule has 0 fully saturated rings. The third-order valence-corrected chi connectivity index (χ3v) is 2.86.